The van der Waals surface area contributed by atoms with Crippen LogP contribution < -0.4 is 4.74 Å². The number of hydrogen-bond acceptors (Lipinski definition) is 2. The van der Waals surface area contributed by atoms with Crippen LogP contribution in [0.5, 0.6) is 5.75 Å². The number of carbonyl (C=O) groups is 1. The molecule has 2 aromatic carbocycles. The van der Waals surface area contributed by atoms with Crippen LogP contribution in [0.15, 0.2) is 54.6 Å². The van der Waals surface area contributed by atoms with Gasteiger partial charge in [0.05, 0.1) is 7.11 Å². The standard InChI is InChI=1S/C16H13ClO2/c1-19-15-7-2-4-12(10-15)8-9-16(18)13-5-3-6-14(17)11-13/h2-11H,1H3. The summed E-state index contributed by atoms with van der Waals surface area (Å²) in [5, 5.41) is 0.556. The molecule has 0 aromatic heterocycles. The molecule has 0 radical (unpaired) electrons. The molecule has 0 bridgehead atoms. The van der Waals surface area contributed by atoms with Crippen molar-refractivity contribution in [1.29, 1.82) is 0 Å². The Morgan fingerprint density at radius 2 is 1.95 bits per heavy atom. The Morgan fingerprint density at radius 1 is 1.16 bits per heavy atom. The Labute approximate surface area is 117 Å². The predicted octanol–water partition coefficient (Wildman–Crippen LogP) is 4.24. The molecule has 0 N–H and O–H groups in total. The van der Waals surface area contributed by atoms with E-state index in [0.29, 0.717) is 10.6 Å². The normalized spacial score (nSPS) is 10.6. The van der Waals surface area contributed by atoms with E-state index >= 15 is 0 Å². The van der Waals surface area contributed by atoms with Crippen LogP contribution in [0.3, 0.4) is 0 Å². The number of allylic oxidation sites excluding steroid dienone is 1. The zero-order valence-electron chi connectivity index (χ0n) is 10.5. The molecule has 2 aromatic rings. The number of rotatable bonds is 4. The largest absolute Gasteiger partial charge is 0.497 e. The second kappa shape index (κ2) is 6.21. The Morgan fingerprint density at radius 3 is 2.68 bits per heavy atom. The van der Waals surface area contributed by atoms with Gasteiger partial charge >= 0.3 is 0 Å². The second-order valence-electron chi connectivity index (χ2n) is 3.98. The lowest BCUT2D eigenvalue weighted by molar-refractivity contribution is 0.104. The molecule has 0 aliphatic rings. The molecule has 19 heavy (non-hydrogen) atoms. The first-order valence-electron chi connectivity index (χ1n) is 5.81. The number of ketones is 1. The molecule has 0 aliphatic carbocycles. The van der Waals surface area contributed by atoms with Crippen molar-refractivity contribution < 1.29 is 9.53 Å². The van der Waals surface area contributed by atoms with Crippen molar-refractivity contribution in [3.8, 4) is 5.75 Å². The van der Waals surface area contributed by atoms with Gasteiger partial charge in [-0.1, -0.05) is 41.9 Å². The first kappa shape index (κ1) is 13.4. The Bertz CT molecular complexity index is 618. The predicted molar refractivity (Wildman–Crippen MR) is 77.8 cm³/mol. The van der Waals surface area contributed by atoms with Crippen molar-refractivity contribution in [3.63, 3.8) is 0 Å². The summed E-state index contributed by atoms with van der Waals surface area (Å²) in [6, 6.07) is 14.4. The lowest BCUT2D eigenvalue weighted by Gasteiger charge is -2.00. The van der Waals surface area contributed by atoms with E-state index in [1.54, 1.807) is 37.5 Å². The van der Waals surface area contributed by atoms with E-state index in [1.165, 1.54) is 6.08 Å². The molecule has 0 unspecified atom stereocenters. The number of carbonyl (C=O) groups excluding carboxylic acids is 1. The van der Waals surface area contributed by atoms with E-state index in [1.807, 2.05) is 24.3 Å². The molecule has 2 nitrogen and oxygen atoms in total. The number of benzene rings is 2. The fourth-order valence-electron chi connectivity index (χ4n) is 1.66. The first-order valence-corrected chi connectivity index (χ1v) is 6.19. The fourth-order valence-corrected chi connectivity index (χ4v) is 1.85. The van der Waals surface area contributed by atoms with Gasteiger partial charge < -0.3 is 4.74 Å². The maximum atomic E-state index is 11.9. The van der Waals surface area contributed by atoms with Crippen molar-refractivity contribution in [2.24, 2.45) is 0 Å². The third-order valence-electron chi connectivity index (χ3n) is 2.63. The van der Waals surface area contributed by atoms with Gasteiger partial charge in [0.1, 0.15) is 5.75 Å². The van der Waals surface area contributed by atoms with Crippen LogP contribution in [-0.4, -0.2) is 12.9 Å². The molecule has 0 spiro atoms. The highest BCUT2D eigenvalue weighted by Gasteiger charge is 2.01. The van der Waals surface area contributed by atoms with E-state index in [4.69, 9.17) is 16.3 Å². The van der Waals surface area contributed by atoms with Crippen molar-refractivity contribution in [2.75, 3.05) is 7.11 Å². The minimum absolute atomic E-state index is 0.0784. The molecule has 0 saturated heterocycles. The summed E-state index contributed by atoms with van der Waals surface area (Å²) in [6.07, 6.45) is 3.28. The molecular formula is C16H13ClO2. The quantitative estimate of drug-likeness (QED) is 0.614. The van der Waals surface area contributed by atoms with E-state index in [9.17, 15) is 4.79 Å². The van der Waals surface area contributed by atoms with Gasteiger partial charge in [0.2, 0.25) is 0 Å². The molecule has 2 rings (SSSR count). The number of halogens is 1. The highest BCUT2D eigenvalue weighted by Crippen LogP contribution is 2.15. The summed E-state index contributed by atoms with van der Waals surface area (Å²) in [7, 11) is 1.61. The van der Waals surface area contributed by atoms with Crippen LogP contribution in [0, 0.1) is 0 Å². The van der Waals surface area contributed by atoms with Gasteiger partial charge in [0.15, 0.2) is 5.78 Å². The molecular weight excluding hydrogens is 260 g/mol. The summed E-state index contributed by atoms with van der Waals surface area (Å²) in [5.41, 5.74) is 1.49. The molecule has 0 heterocycles. The smallest absolute Gasteiger partial charge is 0.185 e. The fraction of sp³-hybridized carbons (Fsp3) is 0.0625. The molecule has 0 atom stereocenters. The summed E-state index contributed by atoms with van der Waals surface area (Å²) in [4.78, 5) is 11.9. The van der Waals surface area contributed by atoms with Gasteiger partial charge in [0.25, 0.3) is 0 Å². The molecule has 3 heteroatoms. The molecule has 0 amide bonds. The van der Waals surface area contributed by atoms with Gasteiger partial charge in [-0.2, -0.15) is 0 Å². The van der Waals surface area contributed by atoms with Gasteiger partial charge in [-0.15, -0.1) is 0 Å². The van der Waals surface area contributed by atoms with E-state index in [0.717, 1.165) is 11.3 Å². The highest BCUT2D eigenvalue weighted by atomic mass is 35.5. The maximum absolute atomic E-state index is 11.9. The lowest BCUT2D eigenvalue weighted by Crippen LogP contribution is -1.93. The van der Waals surface area contributed by atoms with E-state index in [-0.39, 0.29) is 5.78 Å². The summed E-state index contributed by atoms with van der Waals surface area (Å²) >= 11 is 5.85. The zero-order chi connectivity index (χ0) is 13.7. The lowest BCUT2D eigenvalue weighted by atomic mass is 10.1. The van der Waals surface area contributed by atoms with Crippen LogP contribution in [0.25, 0.3) is 6.08 Å². The molecule has 0 saturated carbocycles. The minimum atomic E-state index is -0.0784. The van der Waals surface area contributed by atoms with E-state index in [2.05, 4.69) is 0 Å². The number of ether oxygens (including phenoxy) is 1. The van der Waals surface area contributed by atoms with Gasteiger partial charge in [-0.3, -0.25) is 4.79 Å². The SMILES string of the molecule is COc1cccc(C=CC(=O)c2cccc(Cl)c2)c1. The summed E-state index contributed by atoms with van der Waals surface area (Å²) < 4.78 is 5.13. The van der Waals surface area contributed by atoms with Crippen molar-refractivity contribution in [2.45, 2.75) is 0 Å². The third kappa shape index (κ3) is 3.70. The molecule has 0 aliphatic heterocycles. The summed E-state index contributed by atoms with van der Waals surface area (Å²) in [6.45, 7) is 0. The van der Waals surface area contributed by atoms with Crippen LogP contribution in [-0.2, 0) is 0 Å². The van der Waals surface area contributed by atoms with Gasteiger partial charge in [0, 0.05) is 10.6 Å². The average Bonchev–Trinajstić information content (AvgIpc) is 2.45. The zero-order valence-corrected chi connectivity index (χ0v) is 11.2. The molecule has 96 valence electrons. The van der Waals surface area contributed by atoms with Crippen molar-refractivity contribution in [1.82, 2.24) is 0 Å². The van der Waals surface area contributed by atoms with Gasteiger partial charge in [-0.05, 0) is 35.9 Å². The average molecular weight is 273 g/mol. The summed E-state index contributed by atoms with van der Waals surface area (Å²) in [5.74, 6) is 0.683. The Balaban J connectivity index is 2.16. The third-order valence-corrected chi connectivity index (χ3v) is 2.87. The molecule has 0 fully saturated rings. The second-order valence-corrected chi connectivity index (χ2v) is 4.42. The minimum Gasteiger partial charge on any atom is -0.497 e. The Kier molecular flexibility index (Phi) is 4.37. The van der Waals surface area contributed by atoms with Crippen LogP contribution in [0.4, 0.5) is 0 Å². The first-order chi connectivity index (χ1) is 9.19. The number of hydrogen-bond donors (Lipinski definition) is 0. The maximum Gasteiger partial charge on any atom is 0.185 e. The monoisotopic (exact) mass is 272 g/mol. The van der Waals surface area contributed by atoms with Gasteiger partial charge in [-0.25, -0.2) is 0 Å². The number of methoxy groups -OCH3 is 1. The highest BCUT2D eigenvalue weighted by molar-refractivity contribution is 6.31. The topological polar surface area (TPSA) is 26.3 Å². The van der Waals surface area contributed by atoms with Crippen LogP contribution in [0.2, 0.25) is 5.02 Å². The van der Waals surface area contributed by atoms with Crippen molar-refractivity contribution in [3.05, 3.63) is 70.8 Å². The van der Waals surface area contributed by atoms with E-state index < -0.39 is 0 Å². The van der Waals surface area contributed by atoms with Crippen molar-refractivity contribution >= 4 is 23.5 Å². The Hall–Kier alpha value is -2.06. The van der Waals surface area contributed by atoms with Crippen LogP contribution >= 0.6 is 11.6 Å². The van der Waals surface area contributed by atoms with Crippen LogP contribution in [0.1, 0.15) is 15.9 Å².